The Bertz CT molecular complexity index is 891. The third-order valence-corrected chi connectivity index (χ3v) is 6.31. The second-order valence-electron chi connectivity index (χ2n) is 8.15. The number of ether oxygens (including phenoxy) is 1. The first-order valence-electron chi connectivity index (χ1n) is 9.79. The lowest BCUT2D eigenvalue weighted by atomic mass is 9.79. The molecule has 4 nitrogen and oxygen atoms in total. The summed E-state index contributed by atoms with van der Waals surface area (Å²) in [5.74, 6) is -2.86. The van der Waals surface area contributed by atoms with Crippen LogP contribution in [0.2, 0.25) is 5.02 Å². The maximum absolute atomic E-state index is 13.7. The first-order valence-corrected chi connectivity index (χ1v) is 10.2. The summed E-state index contributed by atoms with van der Waals surface area (Å²) in [4.78, 5) is 13.0. The summed E-state index contributed by atoms with van der Waals surface area (Å²) in [5, 5.41) is 11.0. The Morgan fingerprint density at radius 3 is 2.93 bits per heavy atom. The zero-order chi connectivity index (χ0) is 19.9. The Balaban J connectivity index is 1.59. The van der Waals surface area contributed by atoms with Crippen molar-refractivity contribution in [1.82, 2.24) is 4.40 Å². The molecule has 2 aliphatic rings. The summed E-state index contributed by atoms with van der Waals surface area (Å²) in [5.41, 5.74) is 0.607. The van der Waals surface area contributed by atoms with E-state index in [2.05, 4.69) is 0 Å². The summed E-state index contributed by atoms with van der Waals surface area (Å²) in [6, 6.07) is 5.41. The number of carbonyl (C=O) groups is 1. The molecule has 28 heavy (non-hydrogen) atoms. The first kappa shape index (κ1) is 19.8. The van der Waals surface area contributed by atoms with Crippen LogP contribution in [0.25, 0.3) is 5.52 Å². The van der Waals surface area contributed by atoms with Gasteiger partial charge in [-0.25, -0.2) is 8.78 Å². The maximum Gasteiger partial charge on any atom is 0.250 e. The highest BCUT2D eigenvalue weighted by Gasteiger charge is 2.44. The number of fused-ring (bicyclic) bond motifs is 1. The van der Waals surface area contributed by atoms with Crippen molar-refractivity contribution in [2.24, 2.45) is 0 Å². The monoisotopic (exact) mass is 411 g/mol. The number of ketones is 1. The number of Topliss-reactive ketones (excluding diaryl/α,β-unsaturated/α-hetero) is 1. The number of hydrogen-bond acceptors (Lipinski definition) is 3. The molecule has 1 saturated carbocycles. The van der Waals surface area contributed by atoms with E-state index >= 15 is 0 Å². The van der Waals surface area contributed by atoms with Crippen molar-refractivity contribution >= 4 is 22.9 Å². The van der Waals surface area contributed by atoms with Crippen LogP contribution in [0.3, 0.4) is 0 Å². The maximum atomic E-state index is 13.7. The van der Waals surface area contributed by atoms with E-state index in [0.29, 0.717) is 35.7 Å². The number of carbonyl (C=O) groups excluding carboxylic acids is 1. The highest BCUT2D eigenvalue weighted by molar-refractivity contribution is 6.35. The third-order valence-electron chi connectivity index (χ3n) is 6.01. The van der Waals surface area contributed by atoms with Crippen LogP contribution in [0.15, 0.2) is 24.4 Å². The molecule has 152 valence electrons. The van der Waals surface area contributed by atoms with Crippen LogP contribution < -0.4 is 0 Å². The topological polar surface area (TPSA) is 50.9 Å². The van der Waals surface area contributed by atoms with E-state index < -0.39 is 17.9 Å². The summed E-state index contributed by atoms with van der Waals surface area (Å²) in [7, 11) is 0. The Morgan fingerprint density at radius 2 is 2.21 bits per heavy atom. The average Bonchev–Trinajstić information content (AvgIpc) is 3.26. The van der Waals surface area contributed by atoms with Gasteiger partial charge in [0.05, 0.1) is 22.7 Å². The van der Waals surface area contributed by atoms with Crippen molar-refractivity contribution in [3.63, 3.8) is 0 Å². The molecule has 4 rings (SSSR count). The number of halogens is 3. The van der Waals surface area contributed by atoms with Crippen LogP contribution in [0.5, 0.6) is 0 Å². The van der Waals surface area contributed by atoms with Gasteiger partial charge in [-0.3, -0.25) is 4.79 Å². The molecule has 3 heterocycles. The molecule has 2 aromatic heterocycles. The highest BCUT2D eigenvalue weighted by atomic mass is 35.5. The lowest BCUT2D eigenvalue weighted by Crippen LogP contribution is -2.41. The van der Waals surface area contributed by atoms with E-state index in [1.807, 2.05) is 22.7 Å². The summed E-state index contributed by atoms with van der Waals surface area (Å²) >= 11 is 6.39. The van der Waals surface area contributed by atoms with Crippen LogP contribution in [-0.2, 0) is 4.74 Å². The minimum absolute atomic E-state index is 0.0120. The molecule has 1 saturated heterocycles. The fourth-order valence-corrected chi connectivity index (χ4v) is 4.83. The first-order chi connectivity index (χ1) is 13.3. The Kier molecular flexibility index (Phi) is 5.23. The van der Waals surface area contributed by atoms with E-state index in [0.717, 1.165) is 12.1 Å². The van der Waals surface area contributed by atoms with Crippen LogP contribution in [0, 0.1) is 0 Å². The number of aromatic nitrogens is 1. The predicted molar refractivity (Wildman–Crippen MR) is 103 cm³/mol. The van der Waals surface area contributed by atoms with Gasteiger partial charge in [0.2, 0.25) is 0 Å². The molecular weight excluding hydrogens is 388 g/mol. The number of alkyl halides is 2. The molecule has 1 N–H and O–H groups in total. The van der Waals surface area contributed by atoms with Crippen molar-refractivity contribution in [3.05, 3.63) is 40.7 Å². The van der Waals surface area contributed by atoms with Gasteiger partial charge in [-0.15, -0.1) is 0 Å². The third kappa shape index (κ3) is 3.82. The van der Waals surface area contributed by atoms with Crippen molar-refractivity contribution in [3.8, 4) is 0 Å². The average molecular weight is 412 g/mol. The Labute approximate surface area is 167 Å². The van der Waals surface area contributed by atoms with Gasteiger partial charge >= 0.3 is 0 Å². The summed E-state index contributed by atoms with van der Waals surface area (Å²) in [6.07, 6.45) is 2.60. The highest BCUT2D eigenvalue weighted by Crippen LogP contribution is 2.42. The minimum atomic E-state index is -2.86. The minimum Gasteiger partial charge on any atom is -0.390 e. The molecule has 0 amide bonds. The largest absolute Gasteiger partial charge is 0.390 e. The van der Waals surface area contributed by atoms with Crippen molar-refractivity contribution in [2.45, 2.75) is 62.4 Å². The molecule has 0 aromatic carbocycles. The molecule has 1 unspecified atom stereocenters. The Hall–Kier alpha value is -1.50. The number of pyridine rings is 1. The van der Waals surface area contributed by atoms with Crippen LogP contribution in [0.1, 0.15) is 66.9 Å². The van der Waals surface area contributed by atoms with Crippen molar-refractivity contribution in [2.75, 3.05) is 13.2 Å². The zero-order valence-electron chi connectivity index (χ0n) is 15.6. The lowest BCUT2D eigenvalue weighted by molar-refractivity contribution is -0.126. The van der Waals surface area contributed by atoms with Gasteiger partial charge in [0.15, 0.2) is 5.78 Å². The van der Waals surface area contributed by atoms with E-state index in [4.69, 9.17) is 16.3 Å². The van der Waals surface area contributed by atoms with Crippen LogP contribution in [-0.4, -0.2) is 40.0 Å². The Morgan fingerprint density at radius 1 is 1.39 bits per heavy atom. The second-order valence-corrected chi connectivity index (χ2v) is 8.56. The molecule has 0 radical (unpaired) electrons. The van der Waals surface area contributed by atoms with Crippen molar-refractivity contribution < 1.29 is 23.4 Å². The van der Waals surface area contributed by atoms with Gasteiger partial charge in [0, 0.05) is 49.2 Å². The molecule has 0 spiro atoms. The van der Waals surface area contributed by atoms with E-state index in [1.54, 1.807) is 6.07 Å². The number of rotatable bonds is 5. The van der Waals surface area contributed by atoms with Crippen LogP contribution >= 0.6 is 11.6 Å². The second kappa shape index (κ2) is 7.39. The standard InChI is InChI=1S/C21H24ClF2NO3/c22-16-3-1-9-25-17(14-5-10-28-12-14)11-15(19(16)25)18(26)4-8-20(27)6-2-7-21(23,24)13-20/h1,3,9,11,14,27H,2,4-8,10,12-13H2/t14?,20-/m1/s1. The molecule has 7 heteroatoms. The van der Waals surface area contributed by atoms with Gasteiger partial charge in [-0.1, -0.05) is 11.6 Å². The van der Waals surface area contributed by atoms with Gasteiger partial charge in [-0.2, -0.15) is 0 Å². The summed E-state index contributed by atoms with van der Waals surface area (Å²) in [6.45, 7) is 1.28. The molecule has 1 aliphatic heterocycles. The normalized spacial score (nSPS) is 27.4. The lowest BCUT2D eigenvalue weighted by Gasteiger charge is -2.36. The summed E-state index contributed by atoms with van der Waals surface area (Å²) < 4.78 is 34.8. The number of aliphatic hydroxyl groups is 1. The molecular formula is C21H24ClF2NO3. The van der Waals surface area contributed by atoms with E-state index in [1.165, 1.54) is 0 Å². The molecule has 2 fully saturated rings. The fraction of sp³-hybridized carbons (Fsp3) is 0.571. The van der Waals surface area contributed by atoms with Gasteiger partial charge in [-0.05, 0) is 43.9 Å². The van der Waals surface area contributed by atoms with Gasteiger partial charge in [0.25, 0.3) is 5.92 Å². The van der Waals surface area contributed by atoms with E-state index in [9.17, 15) is 18.7 Å². The molecule has 1 aliphatic carbocycles. The van der Waals surface area contributed by atoms with Crippen molar-refractivity contribution in [1.29, 1.82) is 0 Å². The smallest absolute Gasteiger partial charge is 0.250 e. The van der Waals surface area contributed by atoms with Gasteiger partial charge in [0.1, 0.15) is 0 Å². The van der Waals surface area contributed by atoms with Gasteiger partial charge < -0.3 is 14.2 Å². The molecule has 2 atom stereocenters. The SMILES string of the molecule is O=C(CC[C@]1(O)CCCC(F)(F)C1)c1cc(C2CCOC2)n2cccc(Cl)c12. The quantitative estimate of drug-likeness (QED) is 0.704. The number of hydrogen-bond donors (Lipinski definition) is 1. The van der Waals surface area contributed by atoms with E-state index in [-0.39, 0.29) is 37.4 Å². The fourth-order valence-electron chi connectivity index (χ4n) is 4.56. The molecule has 0 bridgehead atoms. The zero-order valence-corrected chi connectivity index (χ0v) is 16.4. The number of nitrogens with zero attached hydrogens (tertiary/aromatic N) is 1. The molecule has 2 aromatic rings. The predicted octanol–water partition coefficient (Wildman–Crippen LogP) is 5.00. The van der Waals surface area contributed by atoms with Crippen LogP contribution in [0.4, 0.5) is 8.78 Å².